The van der Waals surface area contributed by atoms with Gasteiger partial charge in [0.05, 0.1) is 5.92 Å². The smallest absolute Gasteiger partial charge is 0.229 e. The zero-order valence-corrected chi connectivity index (χ0v) is 12.4. The summed E-state index contributed by atoms with van der Waals surface area (Å²) in [7, 11) is 0. The van der Waals surface area contributed by atoms with Crippen molar-refractivity contribution in [2.24, 2.45) is 5.92 Å². The molecule has 0 bridgehead atoms. The van der Waals surface area contributed by atoms with Crippen molar-refractivity contribution in [3.63, 3.8) is 0 Å². The number of benzene rings is 2. The molecule has 1 N–H and O–H groups in total. The average molecular weight is 334 g/mol. The SMILES string of the molecule is O=C(Nc1ccc(F)c(F)c1)[C@H]1CC(=O)N(c2ccc(F)cc2)C1. The molecule has 0 aliphatic carbocycles. The summed E-state index contributed by atoms with van der Waals surface area (Å²) in [5.74, 6) is -3.84. The van der Waals surface area contributed by atoms with Crippen LogP contribution in [0.4, 0.5) is 24.5 Å². The third-order valence-electron chi connectivity index (χ3n) is 3.82. The van der Waals surface area contributed by atoms with E-state index in [1.807, 2.05) is 0 Å². The summed E-state index contributed by atoms with van der Waals surface area (Å²) >= 11 is 0. The van der Waals surface area contributed by atoms with Crippen LogP contribution in [-0.2, 0) is 9.59 Å². The number of hydrogen-bond donors (Lipinski definition) is 1. The second kappa shape index (κ2) is 6.35. The van der Waals surface area contributed by atoms with Gasteiger partial charge in [-0.3, -0.25) is 9.59 Å². The minimum absolute atomic E-state index is 0.00706. The minimum atomic E-state index is -1.07. The summed E-state index contributed by atoms with van der Waals surface area (Å²) < 4.78 is 39.0. The summed E-state index contributed by atoms with van der Waals surface area (Å²) in [5, 5.41) is 2.47. The summed E-state index contributed by atoms with van der Waals surface area (Å²) in [6.07, 6.45) is -0.00706. The number of nitrogens with zero attached hydrogens (tertiary/aromatic N) is 1. The van der Waals surface area contributed by atoms with E-state index in [4.69, 9.17) is 0 Å². The maximum absolute atomic E-state index is 13.2. The highest BCUT2D eigenvalue weighted by Crippen LogP contribution is 2.26. The van der Waals surface area contributed by atoms with Crippen LogP contribution in [0.25, 0.3) is 0 Å². The maximum Gasteiger partial charge on any atom is 0.229 e. The van der Waals surface area contributed by atoms with Gasteiger partial charge in [-0.25, -0.2) is 13.2 Å². The average Bonchev–Trinajstić information content (AvgIpc) is 2.94. The number of nitrogens with one attached hydrogen (secondary N) is 1. The predicted molar refractivity (Wildman–Crippen MR) is 81.8 cm³/mol. The number of carbonyl (C=O) groups is 2. The highest BCUT2D eigenvalue weighted by molar-refractivity contribution is 6.03. The van der Waals surface area contributed by atoms with Crippen molar-refractivity contribution in [3.8, 4) is 0 Å². The van der Waals surface area contributed by atoms with Crippen LogP contribution >= 0.6 is 0 Å². The van der Waals surface area contributed by atoms with E-state index in [9.17, 15) is 22.8 Å². The second-order valence-corrected chi connectivity index (χ2v) is 5.50. The predicted octanol–water partition coefficient (Wildman–Crippen LogP) is 3.10. The van der Waals surface area contributed by atoms with Crippen molar-refractivity contribution in [2.45, 2.75) is 6.42 Å². The fourth-order valence-electron chi connectivity index (χ4n) is 2.57. The van der Waals surface area contributed by atoms with Crippen molar-refractivity contribution in [1.29, 1.82) is 0 Å². The fraction of sp³-hybridized carbons (Fsp3) is 0.176. The standard InChI is InChI=1S/C17H13F3N2O2/c18-11-1-4-13(5-2-11)22-9-10(7-16(22)23)17(24)21-12-3-6-14(19)15(20)8-12/h1-6,8,10H,7,9H2,(H,21,24)/t10-/m0/s1. The molecular weight excluding hydrogens is 321 g/mol. The molecular formula is C17H13F3N2O2. The van der Waals surface area contributed by atoms with E-state index in [-0.39, 0.29) is 24.6 Å². The lowest BCUT2D eigenvalue weighted by molar-refractivity contribution is -0.122. The monoisotopic (exact) mass is 334 g/mol. The Morgan fingerprint density at radius 1 is 1.04 bits per heavy atom. The van der Waals surface area contributed by atoms with Crippen LogP contribution in [0.5, 0.6) is 0 Å². The van der Waals surface area contributed by atoms with Crippen LogP contribution in [0.2, 0.25) is 0 Å². The van der Waals surface area contributed by atoms with Gasteiger partial charge in [0.25, 0.3) is 0 Å². The maximum atomic E-state index is 13.2. The van der Waals surface area contributed by atoms with E-state index in [1.165, 1.54) is 35.2 Å². The lowest BCUT2D eigenvalue weighted by Crippen LogP contribution is -2.28. The van der Waals surface area contributed by atoms with Crippen molar-refractivity contribution in [3.05, 3.63) is 59.9 Å². The Morgan fingerprint density at radius 3 is 2.42 bits per heavy atom. The highest BCUT2D eigenvalue weighted by Gasteiger charge is 2.35. The highest BCUT2D eigenvalue weighted by atomic mass is 19.2. The molecule has 0 spiro atoms. The quantitative estimate of drug-likeness (QED) is 0.938. The van der Waals surface area contributed by atoms with Gasteiger partial charge in [0.1, 0.15) is 5.82 Å². The molecule has 0 aromatic heterocycles. The van der Waals surface area contributed by atoms with Gasteiger partial charge in [0, 0.05) is 30.4 Å². The molecule has 1 heterocycles. The molecule has 2 aromatic carbocycles. The van der Waals surface area contributed by atoms with Gasteiger partial charge in [0.15, 0.2) is 11.6 Å². The molecule has 1 fully saturated rings. The number of rotatable bonds is 3. The Balaban J connectivity index is 1.69. The van der Waals surface area contributed by atoms with Gasteiger partial charge in [-0.05, 0) is 36.4 Å². The molecule has 1 saturated heterocycles. The molecule has 4 nitrogen and oxygen atoms in total. The van der Waals surface area contributed by atoms with Crippen LogP contribution in [0.15, 0.2) is 42.5 Å². The summed E-state index contributed by atoms with van der Waals surface area (Å²) in [6, 6.07) is 8.42. The van der Waals surface area contributed by atoms with Gasteiger partial charge in [-0.2, -0.15) is 0 Å². The van der Waals surface area contributed by atoms with Crippen LogP contribution in [0, 0.1) is 23.4 Å². The Bertz CT molecular complexity index is 793. The lowest BCUT2D eigenvalue weighted by atomic mass is 10.1. The van der Waals surface area contributed by atoms with Crippen molar-refractivity contribution in [2.75, 3.05) is 16.8 Å². The van der Waals surface area contributed by atoms with Crippen molar-refractivity contribution < 1.29 is 22.8 Å². The first-order valence-electron chi connectivity index (χ1n) is 7.26. The molecule has 1 aliphatic rings. The topological polar surface area (TPSA) is 49.4 Å². The van der Waals surface area contributed by atoms with E-state index in [0.29, 0.717) is 5.69 Å². The third-order valence-corrected chi connectivity index (χ3v) is 3.82. The first-order chi connectivity index (χ1) is 11.4. The molecule has 1 aliphatic heterocycles. The van der Waals surface area contributed by atoms with Crippen molar-refractivity contribution in [1.82, 2.24) is 0 Å². The molecule has 7 heteroatoms. The number of amides is 2. The van der Waals surface area contributed by atoms with Crippen molar-refractivity contribution >= 4 is 23.2 Å². The van der Waals surface area contributed by atoms with Crippen LogP contribution in [-0.4, -0.2) is 18.4 Å². The van der Waals surface area contributed by atoms with E-state index < -0.39 is 29.3 Å². The van der Waals surface area contributed by atoms with Gasteiger partial charge < -0.3 is 10.2 Å². The number of carbonyl (C=O) groups excluding carboxylic acids is 2. The fourth-order valence-corrected chi connectivity index (χ4v) is 2.57. The first-order valence-corrected chi connectivity index (χ1v) is 7.26. The molecule has 3 rings (SSSR count). The van der Waals surface area contributed by atoms with E-state index in [1.54, 1.807) is 0 Å². The zero-order chi connectivity index (χ0) is 17.3. The van der Waals surface area contributed by atoms with Gasteiger partial charge >= 0.3 is 0 Å². The van der Waals surface area contributed by atoms with E-state index in [0.717, 1.165) is 12.1 Å². The van der Waals surface area contributed by atoms with Gasteiger partial charge in [0.2, 0.25) is 11.8 Å². The molecule has 2 amide bonds. The van der Waals surface area contributed by atoms with Crippen LogP contribution < -0.4 is 10.2 Å². The zero-order valence-electron chi connectivity index (χ0n) is 12.4. The third kappa shape index (κ3) is 3.24. The Labute approximate surface area is 135 Å². The normalized spacial score (nSPS) is 17.2. The van der Waals surface area contributed by atoms with E-state index >= 15 is 0 Å². The number of hydrogen-bond acceptors (Lipinski definition) is 2. The molecule has 0 saturated carbocycles. The Kier molecular flexibility index (Phi) is 4.24. The first kappa shape index (κ1) is 16.0. The van der Waals surface area contributed by atoms with Crippen LogP contribution in [0.1, 0.15) is 6.42 Å². The molecule has 24 heavy (non-hydrogen) atoms. The number of halogens is 3. The minimum Gasteiger partial charge on any atom is -0.326 e. The molecule has 0 radical (unpaired) electrons. The Hall–Kier alpha value is -2.83. The molecule has 0 unspecified atom stereocenters. The molecule has 2 aromatic rings. The Morgan fingerprint density at radius 2 is 1.75 bits per heavy atom. The molecule has 1 atom stereocenters. The number of anilines is 2. The summed E-state index contributed by atoms with van der Waals surface area (Å²) in [5.41, 5.74) is 0.621. The summed E-state index contributed by atoms with van der Waals surface area (Å²) in [4.78, 5) is 25.7. The lowest BCUT2D eigenvalue weighted by Gasteiger charge is -2.16. The molecule has 124 valence electrons. The van der Waals surface area contributed by atoms with Gasteiger partial charge in [-0.15, -0.1) is 0 Å². The van der Waals surface area contributed by atoms with Gasteiger partial charge in [-0.1, -0.05) is 0 Å². The summed E-state index contributed by atoms with van der Waals surface area (Å²) in [6.45, 7) is 0.139. The van der Waals surface area contributed by atoms with E-state index in [2.05, 4.69) is 5.32 Å². The second-order valence-electron chi connectivity index (χ2n) is 5.50. The largest absolute Gasteiger partial charge is 0.326 e. The van der Waals surface area contributed by atoms with Crippen LogP contribution in [0.3, 0.4) is 0 Å².